The average Bonchev–Trinajstić information content (AvgIpc) is 2.71. The van der Waals surface area contributed by atoms with Crippen molar-refractivity contribution in [2.24, 2.45) is 11.8 Å². The summed E-state index contributed by atoms with van der Waals surface area (Å²) in [6, 6.07) is 0. The molecule has 3 aliphatic rings. The summed E-state index contributed by atoms with van der Waals surface area (Å²) < 4.78 is 10.9. The van der Waals surface area contributed by atoms with Crippen LogP contribution in [-0.4, -0.2) is 26.4 Å². The van der Waals surface area contributed by atoms with Crippen LogP contribution in [0, 0.1) is 11.8 Å². The zero-order chi connectivity index (χ0) is 7.97. The van der Waals surface area contributed by atoms with Crippen molar-refractivity contribution in [1.82, 2.24) is 0 Å². The molecular weight excluding hydrogens is 152 g/mol. The van der Waals surface area contributed by atoms with Crippen molar-refractivity contribution in [3.8, 4) is 0 Å². The van der Waals surface area contributed by atoms with Crippen LogP contribution in [0.3, 0.4) is 0 Å². The number of fused-ring (bicyclic) bond motifs is 3. The largest absolute Gasteiger partial charge is 0.376 e. The number of ether oxygens (including phenoxy) is 2. The Labute approximate surface area is 71.9 Å². The Morgan fingerprint density at radius 3 is 1.92 bits per heavy atom. The zero-order valence-corrected chi connectivity index (χ0v) is 6.95. The van der Waals surface area contributed by atoms with Crippen molar-refractivity contribution >= 4 is 0 Å². The maximum atomic E-state index is 5.44. The van der Waals surface area contributed by atoms with Crippen LogP contribution < -0.4 is 0 Å². The van der Waals surface area contributed by atoms with E-state index in [4.69, 9.17) is 9.47 Å². The van der Waals surface area contributed by atoms with Gasteiger partial charge in [0.25, 0.3) is 0 Å². The van der Waals surface area contributed by atoms with Crippen LogP contribution in [0.1, 0.15) is 0 Å². The van der Waals surface area contributed by atoms with Gasteiger partial charge in [-0.1, -0.05) is 12.2 Å². The van der Waals surface area contributed by atoms with E-state index in [1.807, 2.05) is 0 Å². The molecule has 64 valence electrons. The summed E-state index contributed by atoms with van der Waals surface area (Å²) in [5.41, 5.74) is 2.93. The van der Waals surface area contributed by atoms with Crippen LogP contribution in [0.4, 0.5) is 0 Å². The van der Waals surface area contributed by atoms with Crippen LogP contribution in [0.25, 0.3) is 0 Å². The maximum Gasteiger partial charge on any atom is 0.0683 e. The van der Waals surface area contributed by atoms with Crippen LogP contribution >= 0.6 is 0 Å². The Hall–Kier alpha value is -0.600. The molecule has 2 nitrogen and oxygen atoms in total. The molecule has 0 aromatic rings. The molecule has 1 aliphatic carbocycles. The quantitative estimate of drug-likeness (QED) is 0.534. The number of allylic oxidation sites excluding steroid dienone is 2. The van der Waals surface area contributed by atoms with Gasteiger partial charge in [0.05, 0.1) is 26.4 Å². The van der Waals surface area contributed by atoms with Gasteiger partial charge in [0.2, 0.25) is 0 Å². The van der Waals surface area contributed by atoms with Gasteiger partial charge in [-0.2, -0.15) is 0 Å². The van der Waals surface area contributed by atoms with Crippen molar-refractivity contribution in [1.29, 1.82) is 0 Å². The van der Waals surface area contributed by atoms with E-state index in [2.05, 4.69) is 12.2 Å². The summed E-state index contributed by atoms with van der Waals surface area (Å²) in [4.78, 5) is 0. The summed E-state index contributed by atoms with van der Waals surface area (Å²) in [5.74, 6) is 1.26. The highest BCUT2D eigenvalue weighted by Crippen LogP contribution is 2.38. The van der Waals surface area contributed by atoms with Gasteiger partial charge >= 0.3 is 0 Å². The smallest absolute Gasteiger partial charge is 0.0683 e. The highest BCUT2D eigenvalue weighted by Gasteiger charge is 2.36. The van der Waals surface area contributed by atoms with Gasteiger partial charge in [-0.3, -0.25) is 0 Å². The minimum Gasteiger partial charge on any atom is -0.376 e. The molecule has 2 saturated heterocycles. The Morgan fingerprint density at radius 2 is 1.42 bits per heavy atom. The normalized spacial score (nSPS) is 38.7. The molecular formula is C10H12O2. The number of rotatable bonds is 0. The van der Waals surface area contributed by atoms with E-state index < -0.39 is 0 Å². The lowest BCUT2D eigenvalue weighted by Crippen LogP contribution is -2.20. The molecule has 2 heteroatoms. The Bertz CT molecular complexity index is 237. The van der Waals surface area contributed by atoms with Gasteiger partial charge in [-0.05, 0) is 11.1 Å². The molecule has 2 aliphatic heterocycles. The van der Waals surface area contributed by atoms with Gasteiger partial charge < -0.3 is 9.47 Å². The first-order valence-corrected chi connectivity index (χ1v) is 4.50. The Balaban J connectivity index is 1.98. The van der Waals surface area contributed by atoms with Crippen LogP contribution in [0.15, 0.2) is 23.3 Å². The van der Waals surface area contributed by atoms with Crippen LogP contribution in [0.5, 0.6) is 0 Å². The molecule has 0 bridgehead atoms. The van der Waals surface area contributed by atoms with Crippen molar-refractivity contribution in [3.63, 3.8) is 0 Å². The summed E-state index contributed by atoms with van der Waals surface area (Å²) in [7, 11) is 0. The lowest BCUT2D eigenvalue weighted by atomic mass is 9.81. The molecule has 0 unspecified atom stereocenters. The summed E-state index contributed by atoms with van der Waals surface area (Å²) in [6.07, 6.45) is 4.44. The first-order chi connectivity index (χ1) is 5.95. The molecule has 0 amide bonds. The van der Waals surface area contributed by atoms with Gasteiger partial charge in [0.15, 0.2) is 0 Å². The van der Waals surface area contributed by atoms with Crippen molar-refractivity contribution in [3.05, 3.63) is 23.3 Å². The van der Waals surface area contributed by atoms with Gasteiger partial charge in [-0.25, -0.2) is 0 Å². The maximum absolute atomic E-state index is 5.44. The highest BCUT2D eigenvalue weighted by atomic mass is 16.5. The minimum absolute atomic E-state index is 0.632. The molecule has 2 fully saturated rings. The molecule has 2 heterocycles. The second-order valence-electron chi connectivity index (χ2n) is 3.73. The van der Waals surface area contributed by atoms with E-state index in [1.54, 1.807) is 0 Å². The zero-order valence-electron chi connectivity index (χ0n) is 6.95. The lowest BCUT2D eigenvalue weighted by Gasteiger charge is -2.21. The number of hydrogen-bond acceptors (Lipinski definition) is 2. The Kier molecular flexibility index (Phi) is 1.40. The van der Waals surface area contributed by atoms with E-state index in [9.17, 15) is 0 Å². The fourth-order valence-corrected chi connectivity index (χ4v) is 2.34. The second kappa shape index (κ2) is 2.44. The van der Waals surface area contributed by atoms with Gasteiger partial charge in [0.1, 0.15) is 0 Å². The topological polar surface area (TPSA) is 18.5 Å². The van der Waals surface area contributed by atoms with E-state index in [1.165, 1.54) is 11.1 Å². The third kappa shape index (κ3) is 0.822. The Morgan fingerprint density at radius 1 is 0.917 bits per heavy atom. The lowest BCUT2D eigenvalue weighted by molar-refractivity contribution is 0.151. The standard InChI is InChI=1S/C10H12O2/c1-2-8-4-12-6-10(8)9-5-11-3-7(1)9/h1-2,9-10H,3-6H2/t9-,10-/m1/s1. The van der Waals surface area contributed by atoms with E-state index in [-0.39, 0.29) is 0 Å². The van der Waals surface area contributed by atoms with Crippen LogP contribution in [-0.2, 0) is 9.47 Å². The predicted molar refractivity (Wildman–Crippen MR) is 44.8 cm³/mol. The molecule has 0 N–H and O–H groups in total. The molecule has 0 aromatic carbocycles. The van der Waals surface area contributed by atoms with Gasteiger partial charge in [0, 0.05) is 11.8 Å². The first kappa shape index (κ1) is 6.87. The van der Waals surface area contributed by atoms with Crippen molar-refractivity contribution in [2.45, 2.75) is 0 Å². The fourth-order valence-electron chi connectivity index (χ4n) is 2.34. The third-order valence-electron chi connectivity index (χ3n) is 3.08. The van der Waals surface area contributed by atoms with Crippen molar-refractivity contribution < 1.29 is 9.47 Å². The van der Waals surface area contributed by atoms with E-state index in [0.29, 0.717) is 11.8 Å². The second-order valence-corrected chi connectivity index (χ2v) is 3.73. The predicted octanol–water partition coefficient (Wildman–Crippen LogP) is 1.15. The van der Waals surface area contributed by atoms with Crippen LogP contribution in [0.2, 0.25) is 0 Å². The first-order valence-electron chi connectivity index (χ1n) is 4.50. The number of hydrogen-bond donors (Lipinski definition) is 0. The van der Waals surface area contributed by atoms with E-state index >= 15 is 0 Å². The summed E-state index contributed by atoms with van der Waals surface area (Å²) >= 11 is 0. The molecule has 0 spiro atoms. The van der Waals surface area contributed by atoms with E-state index in [0.717, 1.165) is 26.4 Å². The fraction of sp³-hybridized carbons (Fsp3) is 0.600. The molecule has 0 aromatic heterocycles. The van der Waals surface area contributed by atoms with Crippen molar-refractivity contribution in [2.75, 3.05) is 26.4 Å². The minimum atomic E-state index is 0.632. The highest BCUT2D eigenvalue weighted by molar-refractivity contribution is 5.32. The molecule has 0 saturated carbocycles. The summed E-state index contributed by atoms with van der Waals surface area (Å²) in [6.45, 7) is 3.48. The molecule has 2 atom stereocenters. The SMILES string of the molecule is C1=C2COC[C@H]2[C@@H]2COCC2=C1. The summed E-state index contributed by atoms with van der Waals surface area (Å²) in [5, 5.41) is 0. The molecule has 12 heavy (non-hydrogen) atoms. The molecule has 0 radical (unpaired) electrons. The third-order valence-corrected chi connectivity index (χ3v) is 3.08. The van der Waals surface area contributed by atoms with Gasteiger partial charge in [-0.15, -0.1) is 0 Å². The molecule has 3 rings (SSSR count). The monoisotopic (exact) mass is 164 g/mol. The average molecular weight is 164 g/mol.